The van der Waals surface area contributed by atoms with Crippen LogP contribution < -0.4 is 87.2 Å². The number of amides is 12. The monoisotopic (exact) mass is 1530 g/mol. The van der Waals surface area contributed by atoms with E-state index in [0.29, 0.717) is 34.0 Å². The highest BCUT2D eigenvalue weighted by Gasteiger charge is 2.38. The minimum atomic E-state index is -1.91. The standard InChI is InChI=1S/C72H105FN18O18/c1-36(2)28-51(65(102)85-49(71(108)109)17-13-27-79-72(77)78)89-66(103)52(29-37(3)4)88-62(99)47(16-11-12-26-74)83-63(100)48(24-25-58(95)96)84-67(104)54(30-41-14-9-8-10-15-41)91-69(106)56(34-57(75)94)87-60(97)38(5)81-64(101)53(31-42-18-21-45(93)22-19-42)90-68(105)55(32-43-35-80-50-33-44(73)20-23-46(43)50)86-61(98)39(6)82-70(107)59(76)40(7)92/h8-10,14-15,18-23,33,35-40,47-49,51-56,59,80,92-93H,11-13,16-17,24-32,34,74,76H2,1-7H3,(H2,75,94)(H,81,101)(H,82,107)(H,83,100)(H,84,104)(H,85,102)(H,86,98)(H,87,97)(H,88,99)(H,89,103)(H,90,105)(H,91,106)(H,95,96)(H,108,109)(H4,77,78,79)/t38-,39-,40+,47-,48-,49-,51-,52-,53-,54-,55-,56-,59-/m0/s1. The van der Waals surface area contributed by atoms with Crippen molar-refractivity contribution in [2.75, 3.05) is 13.1 Å². The van der Waals surface area contributed by atoms with Crippen LogP contribution in [-0.4, -0.2) is 206 Å². The van der Waals surface area contributed by atoms with E-state index in [1.807, 2.05) is 0 Å². The normalized spacial score (nSPS) is 14.8. The molecule has 13 atom stereocenters. The molecule has 0 radical (unpaired) electrons. The summed E-state index contributed by atoms with van der Waals surface area (Å²) in [6.07, 6.45) is -2.55. The highest BCUT2D eigenvalue weighted by atomic mass is 19.1. The molecular formula is C72H105FN18O18. The van der Waals surface area contributed by atoms with Gasteiger partial charge in [-0.2, -0.15) is 0 Å². The number of aliphatic imine (C=N–C) groups is 1. The third-order valence-electron chi connectivity index (χ3n) is 17.2. The van der Waals surface area contributed by atoms with E-state index >= 15 is 0 Å². The first-order valence-corrected chi connectivity index (χ1v) is 35.7. The van der Waals surface area contributed by atoms with Gasteiger partial charge in [-0.3, -0.25) is 67.3 Å². The highest BCUT2D eigenvalue weighted by Crippen LogP contribution is 2.22. The maximum absolute atomic E-state index is 14.7. The number of hydrogen-bond donors (Lipinski definition) is 21. The molecule has 0 spiro atoms. The third-order valence-corrected chi connectivity index (χ3v) is 17.2. The van der Waals surface area contributed by atoms with Gasteiger partial charge in [-0.05, 0) is 138 Å². The second-order valence-corrected chi connectivity index (χ2v) is 27.5. The van der Waals surface area contributed by atoms with Gasteiger partial charge in [0.1, 0.15) is 84.1 Å². The van der Waals surface area contributed by atoms with E-state index in [-0.39, 0.29) is 94.4 Å². The van der Waals surface area contributed by atoms with E-state index in [0.717, 1.165) is 0 Å². The molecule has 0 saturated carbocycles. The zero-order valence-electron chi connectivity index (χ0n) is 62.0. The maximum atomic E-state index is 14.7. The van der Waals surface area contributed by atoms with Crippen LogP contribution in [0.4, 0.5) is 4.39 Å². The van der Waals surface area contributed by atoms with Crippen LogP contribution >= 0.6 is 0 Å². The summed E-state index contributed by atoms with van der Waals surface area (Å²) in [5.74, 6) is -16.4. The van der Waals surface area contributed by atoms with Gasteiger partial charge in [0.2, 0.25) is 70.9 Å². The van der Waals surface area contributed by atoms with E-state index in [1.54, 1.807) is 58.0 Å². The van der Waals surface area contributed by atoms with Gasteiger partial charge in [-0.15, -0.1) is 0 Å². The summed E-state index contributed by atoms with van der Waals surface area (Å²) in [7, 11) is 0. The number of nitrogens with zero attached hydrogens (tertiary/aromatic N) is 1. The third kappa shape index (κ3) is 31.6. The number of primary amides is 1. The van der Waals surface area contributed by atoms with Crippen LogP contribution in [0, 0.1) is 17.7 Å². The number of rotatable bonds is 47. The topological polar surface area (TPSA) is 610 Å². The number of nitrogens with one attached hydrogen (secondary N) is 12. The van der Waals surface area contributed by atoms with Crippen molar-refractivity contribution in [3.8, 4) is 5.75 Å². The van der Waals surface area contributed by atoms with Crippen molar-refractivity contribution in [1.29, 1.82) is 0 Å². The molecule has 0 aliphatic heterocycles. The molecule has 12 amide bonds. The summed E-state index contributed by atoms with van der Waals surface area (Å²) in [4.78, 5) is 200. The van der Waals surface area contributed by atoms with Crippen LogP contribution in [-0.2, 0) is 86.4 Å². The molecule has 0 saturated heterocycles. The van der Waals surface area contributed by atoms with Gasteiger partial charge in [0, 0.05) is 49.3 Å². The lowest BCUT2D eigenvalue weighted by Crippen LogP contribution is -2.61. The molecule has 598 valence electrons. The average molecular weight is 1530 g/mol. The van der Waals surface area contributed by atoms with Crippen molar-refractivity contribution in [2.45, 2.75) is 211 Å². The molecule has 1 aromatic heterocycles. The van der Waals surface area contributed by atoms with Crippen LogP contribution in [0.3, 0.4) is 0 Å². The number of carbonyl (C=O) groups is 14. The number of phenols is 1. The molecule has 3 aromatic carbocycles. The Hall–Kier alpha value is -11.3. The Bertz CT molecular complexity index is 3820. The van der Waals surface area contributed by atoms with Gasteiger partial charge in [0.05, 0.1) is 12.5 Å². The van der Waals surface area contributed by atoms with Crippen molar-refractivity contribution >= 4 is 99.7 Å². The number of halogens is 1. The number of carboxylic acid groups (broad SMARTS) is 2. The molecule has 0 fully saturated rings. The number of hydrogen-bond acceptors (Lipinski definition) is 19. The zero-order valence-corrected chi connectivity index (χ0v) is 62.0. The number of fused-ring (bicyclic) bond motifs is 1. The Morgan fingerprint density at radius 1 is 0.486 bits per heavy atom. The van der Waals surface area contributed by atoms with Crippen molar-refractivity contribution in [2.24, 2.45) is 45.5 Å². The number of aliphatic carboxylic acids is 2. The second kappa shape index (κ2) is 44.7. The van der Waals surface area contributed by atoms with Crippen LogP contribution in [0.25, 0.3) is 10.9 Å². The Labute approximate surface area is 629 Å². The lowest BCUT2D eigenvalue weighted by atomic mass is 9.99. The number of carbonyl (C=O) groups excluding carboxylic acids is 12. The molecule has 36 nitrogen and oxygen atoms in total. The Morgan fingerprint density at radius 2 is 0.917 bits per heavy atom. The first kappa shape index (κ1) is 90.1. The van der Waals surface area contributed by atoms with Gasteiger partial charge in [0.15, 0.2) is 5.96 Å². The number of aromatic amines is 1. The molecular weight excluding hydrogens is 1420 g/mol. The summed E-state index contributed by atoms with van der Waals surface area (Å²) in [5.41, 5.74) is 29.4. The Morgan fingerprint density at radius 3 is 1.41 bits per heavy atom. The molecule has 0 bridgehead atoms. The fourth-order valence-electron chi connectivity index (χ4n) is 11.2. The summed E-state index contributed by atoms with van der Waals surface area (Å²) >= 11 is 0. The Balaban J connectivity index is 1.63. The summed E-state index contributed by atoms with van der Waals surface area (Å²) in [5, 5.41) is 67.9. The predicted molar refractivity (Wildman–Crippen MR) is 396 cm³/mol. The molecule has 109 heavy (non-hydrogen) atoms. The van der Waals surface area contributed by atoms with E-state index in [9.17, 15) is 91.9 Å². The highest BCUT2D eigenvalue weighted by molar-refractivity contribution is 6.00. The fraction of sp³-hybridized carbons (Fsp3) is 0.514. The number of aliphatic hydroxyl groups is 1. The Kier molecular flexibility index (Phi) is 36.9. The van der Waals surface area contributed by atoms with Gasteiger partial charge in [-0.25, -0.2) is 9.18 Å². The number of aromatic hydroxyl groups is 1. The van der Waals surface area contributed by atoms with Crippen LogP contribution in [0.2, 0.25) is 0 Å². The molecule has 37 heteroatoms. The quantitative estimate of drug-likeness (QED) is 0.0121. The number of H-pyrrole nitrogens is 1. The number of benzene rings is 3. The second-order valence-electron chi connectivity index (χ2n) is 27.5. The van der Waals surface area contributed by atoms with Crippen molar-refractivity contribution < 1.29 is 91.9 Å². The molecule has 1 heterocycles. The summed E-state index contributed by atoms with van der Waals surface area (Å²) < 4.78 is 14.3. The van der Waals surface area contributed by atoms with Crippen LogP contribution in [0.5, 0.6) is 5.75 Å². The lowest BCUT2D eigenvalue weighted by Gasteiger charge is -2.29. The molecule has 26 N–H and O–H groups in total. The van der Waals surface area contributed by atoms with E-state index in [4.69, 9.17) is 28.7 Å². The molecule has 4 aromatic rings. The van der Waals surface area contributed by atoms with Crippen molar-refractivity contribution in [3.05, 3.63) is 102 Å². The number of guanidine groups is 1. The molecule has 0 aliphatic rings. The first-order valence-electron chi connectivity index (χ1n) is 35.7. The van der Waals surface area contributed by atoms with Gasteiger partial charge in [-0.1, -0.05) is 70.2 Å². The average Bonchev–Trinajstić information content (AvgIpc) is 1.21. The molecule has 0 aliphatic carbocycles. The van der Waals surface area contributed by atoms with Crippen LogP contribution in [0.1, 0.15) is 129 Å². The summed E-state index contributed by atoms with van der Waals surface area (Å²) in [6.45, 7) is 10.9. The van der Waals surface area contributed by atoms with Crippen molar-refractivity contribution in [3.63, 3.8) is 0 Å². The van der Waals surface area contributed by atoms with Gasteiger partial charge >= 0.3 is 11.9 Å². The van der Waals surface area contributed by atoms with Crippen molar-refractivity contribution in [1.82, 2.24) is 63.5 Å². The minimum Gasteiger partial charge on any atom is -0.508 e. The number of aliphatic hydroxyl groups excluding tert-OH is 1. The number of phenolic OH excluding ortho intramolecular Hbond substituents is 1. The molecule has 0 unspecified atom stereocenters. The lowest BCUT2D eigenvalue weighted by molar-refractivity contribution is -0.142. The smallest absolute Gasteiger partial charge is 0.326 e. The van der Waals surface area contributed by atoms with Gasteiger partial charge < -0.3 is 113 Å². The van der Waals surface area contributed by atoms with E-state index < -0.39 is 187 Å². The number of nitrogens with two attached hydrogens (primary N) is 5. The minimum absolute atomic E-state index is 0.0151. The van der Waals surface area contributed by atoms with Crippen LogP contribution in [0.15, 0.2) is 84.0 Å². The number of carboxylic acids is 2. The predicted octanol–water partition coefficient (Wildman–Crippen LogP) is -2.78. The van der Waals surface area contributed by atoms with E-state index in [2.05, 4.69) is 68.5 Å². The van der Waals surface area contributed by atoms with Gasteiger partial charge in [0.25, 0.3) is 0 Å². The number of aromatic nitrogens is 1. The molecule has 4 rings (SSSR count). The largest absolute Gasteiger partial charge is 0.508 e. The fourth-order valence-corrected chi connectivity index (χ4v) is 11.2. The number of unbranched alkanes of at least 4 members (excludes halogenated alkanes) is 1. The van der Waals surface area contributed by atoms with E-state index in [1.165, 1.54) is 69.4 Å². The first-order chi connectivity index (χ1) is 51.3. The zero-order chi connectivity index (χ0) is 81.4. The maximum Gasteiger partial charge on any atom is 0.326 e. The summed E-state index contributed by atoms with van der Waals surface area (Å²) in [6, 6.07) is -1.33. The SMILES string of the molecule is CC(C)C[C@H](NC(=O)[C@H](CC(C)C)NC(=O)[C@H](CCCCN)NC(=O)[C@H](CCC(=O)O)NC(=O)[C@H](Cc1ccccc1)NC(=O)[C@H](CC(N)=O)NC(=O)[C@H](C)NC(=O)[C@H](Cc1ccc(O)cc1)NC(=O)[C@H](Cc1c[nH]c2cc(F)ccc12)NC(=O)[C@H](C)NC(=O)[C@@H](N)[C@@H](C)O)C(=O)N[C@@H](CCCN=C(N)N)C(=O)O.